The van der Waals surface area contributed by atoms with Crippen molar-refractivity contribution in [2.75, 3.05) is 26.0 Å². The first-order valence-corrected chi connectivity index (χ1v) is 8.54. The second-order valence-electron chi connectivity index (χ2n) is 5.18. The van der Waals surface area contributed by atoms with Crippen LogP contribution in [-0.2, 0) is 6.42 Å². The smallest absolute Gasteiger partial charge is 0.122 e. The van der Waals surface area contributed by atoms with Gasteiger partial charge in [-0.3, -0.25) is 4.90 Å². The molecular weight excluding hydrogens is 254 g/mol. The summed E-state index contributed by atoms with van der Waals surface area (Å²) in [6.45, 7) is 7.71. The minimum Gasteiger partial charge on any atom is -0.492 e. The van der Waals surface area contributed by atoms with Crippen molar-refractivity contribution >= 4 is 11.8 Å². The topological polar surface area (TPSA) is 12.5 Å². The molecule has 1 unspecified atom stereocenters. The van der Waals surface area contributed by atoms with E-state index in [1.54, 1.807) is 11.8 Å². The SMILES string of the molecule is CCCN(CCC)C1COc2ccc(SC)cc2C1. The van der Waals surface area contributed by atoms with E-state index in [1.165, 1.54) is 36.4 Å². The number of fused-ring (bicyclic) bond motifs is 1. The van der Waals surface area contributed by atoms with Crippen LogP contribution in [0.5, 0.6) is 5.75 Å². The van der Waals surface area contributed by atoms with E-state index >= 15 is 0 Å². The van der Waals surface area contributed by atoms with Crippen molar-refractivity contribution in [3.8, 4) is 5.75 Å². The maximum absolute atomic E-state index is 5.96. The highest BCUT2D eigenvalue weighted by Crippen LogP contribution is 2.30. The Kier molecular flexibility index (Phi) is 5.59. The molecule has 0 radical (unpaired) electrons. The Morgan fingerprint density at radius 2 is 2.00 bits per heavy atom. The number of benzene rings is 1. The molecule has 19 heavy (non-hydrogen) atoms. The highest BCUT2D eigenvalue weighted by atomic mass is 32.2. The second-order valence-corrected chi connectivity index (χ2v) is 6.06. The zero-order valence-corrected chi connectivity index (χ0v) is 13.1. The van der Waals surface area contributed by atoms with Gasteiger partial charge in [-0.05, 0) is 62.4 Å². The molecule has 0 aromatic heterocycles. The summed E-state index contributed by atoms with van der Waals surface area (Å²) in [4.78, 5) is 3.93. The van der Waals surface area contributed by atoms with Crippen LogP contribution in [0.3, 0.4) is 0 Å². The Bertz CT molecular complexity index is 402. The van der Waals surface area contributed by atoms with E-state index < -0.39 is 0 Å². The van der Waals surface area contributed by atoms with Gasteiger partial charge in [-0.1, -0.05) is 13.8 Å². The average Bonchev–Trinajstić information content (AvgIpc) is 2.46. The lowest BCUT2D eigenvalue weighted by atomic mass is 10.0. The van der Waals surface area contributed by atoms with Gasteiger partial charge in [0.05, 0.1) is 0 Å². The van der Waals surface area contributed by atoms with Crippen LogP contribution >= 0.6 is 11.8 Å². The fraction of sp³-hybridized carbons (Fsp3) is 0.625. The first-order valence-electron chi connectivity index (χ1n) is 7.32. The van der Waals surface area contributed by atoms with Crippen LogP contribution in [0.1, 0.15) is 32.3 Å². The Morgan fingerprint density at radius 3 is 2.63 bits per heavy atom. The summed E-state index contributed by atoms with van der Waals surface area (Å²) < 4.78 is 5.96. The van der Waals surface area contributed by atoms with Crippen LogP contribution in [0.4, 0.5) is 0 Å². The van der Waals surface area contributed by atoms with E-state index in [4.69, 9.17) is 4.74 Å². The summed E-state index contributed by atoms with van der Waals surface area (Å²) in [6.07, 6.45) is 5.69. The standard InChI is InChI=1S/C16H25NOS/c1-4-8-17(9-5-2)14-10-13-11-15(19-3)6-7-16(13)18-12-14/h6-7,11,14H,4-5,8-10,12H2,1-3H3. The van der Waals surface area contributed by atoms with Gasteiger partial charge in [0, 0.05) is 10.9 Å². The molecule has 106 valence electrons. The van der Waals surface area contributed by atoms with Crippen LogP contribution in [0, 0.1) is 0 Å². The first kappa shape index (κ1) is 14.7. The van der Waals surface area contributed by atoms with Gasteiger partial charge in [0.2, 0.25) is 0 Å². The molecule has 0 spiro atoms. The largest absolute Gasteiger partial charge is 0.492 e. The third kappa shape index (κ3) is 3.67. The molecule has 2 nitrogen and oxygen atoms in total. The Hall–Kier alpha value is -0.670. The molecule has 3 heteroatoms. The zero-order chi connectivity index (χ0) is 13.7. The van der Waals surface area contributed by atoms with E-state index in [0.29, 0.717) is 6.04 Å². The lowest BCUT2D eigenvalue weighted by Crippen LogP contribution is -2.43. The molecule has 0 saturated heterocycles. The fourth-order valence-corrected chi connectivity index (χ4v) is 3.23. The van der Waals surface area contributed by atoms with Crippen molar-refractivity contribution in [2.24, 2.45) is 0 Å². The maximum atomic E-state index is 5.96. The van der Waals surface area contributed by atoms with Gasteiger partial charge in [0.25, 0.3) is 0 Å². The summed E-state index contributed by atoms with van der Waals surface area (Å²) in [5.74, 6) is 1.09. The number of nitrogens with zero attached hydrogens (tertiary/aromatic N) is 1. The Balaban J connectivity index is 2.10. The third-order valence-corrected chi connectivity index (χ3v) is 4.42. The molecular formula is C16H25NOS. The number of hydrogen-bond acceptors (Lipinski definition) is 3. The van der Waals surface area contributed by atoms with E-state index in [9.17, 15) is 0 Å². The molecule has 1 aromatic rings. The molecule has 0 amide bonds. The summed E-state index contributed by atoms with van der Waals surface area (Å²) in [5.41, 5.74) is 1.38. The van der Waals surface area contributed by atoms with Crippen LogP contribution in [-0.4, -0.2) is 36.9 Å². The number of thioether (sulfide) groups is 1. The average molecular weight is 279 g/mol. The summed E-state index contributed by atoms with van der Waals surface area (Å²) >= 11 is 1.80. The van der Waals surface area contributed by atoms with Crippen molar-refractivity contribution in [3.05, 3.63) is 23.8 Å². The quantitative estimate of drug-likeness (QED) is 0.734. The number of hydrogen-bond donors (Lipinski definition) is 0. The van der Waals surface area contributed by atoms with Gasteiger partial charge < -0.3 is 4.74 Å². The van der Waals surface area contributed by atoms with Crippen LogP contribution < -0.4 is 4.74 Å². The Morgan fingerprint density at radius 1 is 1.26 bits per heavy atom. The summed E-state index contributed by atoms with van der Waals surface area (Å²) in [6, 6.07) is 7.12. The van der Waals surface area contributed by atoms with E-state index in [2.05, 4.69) is 43.2 Å². The molecule has 0 N–H and O–H groups in total. The zero-order valence-electron chi connectivity index (χ0n) is 12.3. The minimum absolute atomic E-state index is 0.546. The number of rotatable bonds is 6. The van der Waals surface area contributed by atoms with Crippen molar-refractivity contribution in [1.82, 2.24) is 4.90 Å². The minimum atomic E-state index is 0.546. The van der Waals surface area contributed by atoms with Crippen molar-refractivity contribution in [3.63, 3.8) is 0 Å². The predicted octanol–water partition coefficient (Wildman–Crippen LogP) is 3.83. The third-order valence-electron chi connectivity index (χ3n) is 3.69. The molecule has 1 atom stereocenters. The normalized spacial score (nSPS) is 18.2. The van der Waals surface area contributed by atoms with Crippen LogP contribution in [0.2, 0.25) is 0 Å². The van der Waals surface area contributed by atoms with Crippen LogP contribution in [0.15, 0.2) is 23.1 Å². The van der Waals surface area contributed by atoms with Gasteiger partial charge in [-0.25, -0.2) is 0 Å². The van der Waals surface area contributed by atoms with Gasteiger partial charge in [0.15, 0.2) is 0 Å². The van der Waals surface area contributed by atoms with Gasteiger partial charge >= 0.3 is 0 Å². The number of ether oxygens (including phenoxy) is 1. The molecule has 0 fully saturated rings. The fourth-order valence-electron chi connectivity index (χ4n) is 2.77. The molecule has 1 heterocycles. The maximum Gasteiger partial charge on any atom is 0.122 e. The van der Waals surface area contributed by atoms with Crippen LogP contribution in [0.25, 0.3) is 0 Å². The molecule has 1 aliphatic heterocycles. The lowest BCUT2D eigenvalue weighted by Gasteiger charge is -2.35. The highest BCUT2D eigenvalue weighted by Gasteiger charge is 2.24. The summed E-state index contributed by atoms with van der Waals surface area (Å²) in [5, 5.41) is 0. The van der Waals surface area contributed by atoms with Crippen molar-refractivity contribution < 1.29 is 4.74 Å². The van der Waals surface area contributed by atoms with Gasteiger partial charge in [-0.15, -0.1) is 11.8 Å². The monoisotopic (exact) mass is 279 g/mol. The lowest BCUT2D eigenvalue weighted by molar-refractivity contribution is 0.119. The molecule has 0 saturated carbocycles. The first-order chi connectivity index (χ1) is 9.28. The molecule has 0 bridgehead atoms. The van der Waals surface area contributed by atoms with Crippen molar-refractivity contribution in [1.29, 1.82) is 0 Å². The summed E-state index contributed by atoms with van der Waals surface area (Å²) in [7, 11) is 0. The molecule has 1 aromatic carbocycles. The molecule has 2 rings (SSSR count). The van der Waals surface area contributed by atoms with Gasteiger partial charge in [-0.2, -0.15) is 0 Å². The second kappa shape index (κ2) is 7.20. The highest BCUT2D eigenvalue weighted by molar-refractivity contribution is 7.98. The van der Waals surface area contributed by atoms with E-state index in [0.717, 1.165) is 18.8 Å². The Labute approximate surface area is 121 Å². The van der Waals surface area contributed by atoms with Crippen molar-refractivity contribution in [2.45, 2.75) is 44.0 Å². The molecule has 0 aliphatic carbocycles. The predicted molar refractivity (Wildman–Crippen MR) is 83.4 cm³/mol. The molecule has 1 aliphatic rings. The van der Waals surface area contributed by atoms with Gasteiger partial charge in [0.1, 0.15) is 12.4 Å². The van der Waals surface area contributed by atoms with E-state index in [1.807, 2.05) is 0 Å². The van der Waals surface area contributed by atoms with E-state index in [-0.39, 0.29) is 0 Å².